The van der Waals surface area contributed by atoms with Crippen LogP contribution in [0.2, 0.25) is 0 Å². The predicted octanol–water partition coefficient (Wildman–Crippen LogP) is 0.959. The third-order valence-electron chi connectivity index (χ3n) is 4.40. The van der Waals surface area contributed by atoms with E-state index in [9.17, 15) is 9.59 Å². The number of amides is 2. The van der Waals surface area contributed by atoms with E-state index < -0.39 is 0 Å². The lowest BCUT2D eigenvalue weighted by Crippen LogP contribution is -2.52. The van der Waals surface area contributed by atoms with Crippen LogP contribution >= 0.6 is 0 Å². The van der Waals surface area contributed by atoms with Gasteiger partial charge in [-0.1, -0.05) is 18.2 Å². The number of piperidine rings is 1. The van der Waals surface area contributed by atoms with Crippen molar-refractivity contribution in [3.8, 4) is 0 Å². The Kier molecular flexibility index (Phi) is 3.92. The Morgan fingerprint density at radius 3 is 2.52 bits per heavy atom. The van der Waals surface area contributed by atoms with Crippen molar-refractivity contribution in [1.29, 1.82) is 0 Å². The molecule has 0 aromatic heterocycles. The molecule has 0 aliphatic carbocycles. The molecular formula is C16H21N3O2. The zero-order valence-corrected chi connectivity index (χ0v) is 12.3. The van der Waals surface area contributed by atoms with Crippen LogP contribution < -0.4 is 10.2 Å². The predicted molar refractivity (Wildman–Crippen MR) is 81.3 cm³/mol. The summed E-state index contributed by atoms with van der Waals surface area (Å²) in [6.07, 6.45) is 2.15. The lowest BCUT2D eigenvalue weighted by Gasteiger charge is -2.34. The molecule has 2 fully saturated rings. The maximum Gasteiger partial charge on any atom is 0.247 e. The number of carbonyl (C=O) groups excluding carboxylic acids is 2. The zero-order chi connectivity index (χ0) is 14.8. The van der Waals surface area contributed by atoms with Gasteiger partial charge in [0.05, 0.1) is 6.54 Å². The number of benzene rings is 1. The normalized spacial score (nSPS) is 21.0. The molecule has 112 valence electrons. The molecule has 21 heavy (non-hydrogen) atoms. The minimum absolute atomic E-state index is 0.00140. The van der Waals surface area contributed by atoms with Crippen molar-refractivity contribution >= 4 is 17.5 Å². The SMILES string of the molecule is CN1CC(=O)N(c2ccccc2C2CCNCC2)CC1=O. The number of rotatable bonds is 2. The molecule has 2 amide bonds. The van der Waals surface area contributed by atoms with Gasteiger partial charge in [0.2, 0.25) is 11.8 Å². The molecule has 0 unspecified atom stereocenters. The van der Waals surface area contributed by atoms with E-state index in [4.69, 9.17) is 0 Å². The largest absolute Gasteiger partial charge is 0.335 e. The van der Waals surface area contributed by atoms with E-state index in [1.54, 1.807) is 11.9 Å². The first-order chi connectivity index (χ1) is 10.2. The van der Waals surface area contributed by atoms with Crippen LogP contribution in [-0.4, -0.2) is 49.9 Å². The fourth-order valence-corrected chi connectivity index (χ4v) is 3.15. The van der Waals surface area contributed by atoms with Crippen molar-refractivity contribution in [2.24, 2.45) is 0 Å². The molecule has 2 aliphatic heterocycles. The van der Waals surface area contributed by atoms with E-state index in [1.807, 2.05) is 18.2 Å². The molecule has 1 aromatic carbocycles. The molecule has 0 spiro atoms. The van der Waals surface area contributed by atoms with Gasteiger partial charge >= 0.3 is 0 Å². The highest BCUT2D eigenvalue weighted by Crippen LogP contribution is 2.33. The van der Waals surface area contributed by atoms with E-state index >= 15 is 0 Å². The topological polar surface area (TPSA) is 52.7 Å². The molecule has 5 heteroatoms. The Labute approximate surface area is 124 Å². The monoisotopic (exact) mass is 287 g/mol. The Bertz CT molecular complexity index is 552. The fourth-order valence-electron chi connectivity index (χ4n) is 3.15. The standard InChI is InChI=1S/C16H21N3O2/c1-18-10-16(21)19(11-15(18)20)14-5-3-2-4-13(14)12-6-8-17-9-7-12/h2-5,12,17H,6-11H2,1H3. The molecule has 2 saturated heterocycles. The molecule has 2 aliphatic rings. The highest BCUT2D eigenvalue weighted by atomic mass is 16.2. The van der Waals surface area contributed by atoms with Crippen molar-refractivity contribution in [2.75, 3.05) is 38.1 Å². The van der Waals surface area contributed by atoms with Crippen molar-refractivity contribution in [2.45, 2.75) is 18.8 Å². The van der Waals surface area contributed by atoms with E-state index in [0.29, 0.717) is 5.92 Å². The second-order valence-electron chi connectivity index (χ2n) is 5.81. The molecule has 0 atom stereocenters. The van der Waals surface area contributed by atoms with Gasteiger partial charge in [0.25, 0.3) is 0 Å². The minimum atomic E-state index is -0.00489. The summed E-state index contributed by atoms with van der Waals surface area (Å²) in [5.41, 5.74) is 2.11. The Morgan fingerprint density at radius 2 is 1.76 bits per heavy atom. The highest BCUT2D eigenvalue weighted by molar-refractivity contribution is 6.04. The van der Waals surface area contributed by atoms with Gasteiger partial charge in [0.15, 0.2) is 0 Å². The van der Waals surface area contributed by atoms with Crippen LogP contribution in [0.5, 0.6) is 0 Å². The second kappa shape index (κ2) is 5.85. The van der Waals surface area contributed by atoms with Crippen LogP contribution in [0, 0.1) is 0 Å². The highest BCUT2D eigenvalue weighted by Gasteiger charge is 2.31. The van der Waals surface area contributed by atoms with Crippen LogP contribution in [-0.2, 0) is 9.59 Å². The second-order valence-corrected chi connectivity index (χ2v) is 5.81. The number of carbonyl (C=O) groups is 2. The first kappa shape index (κ1) is 14.1. The third-order valence-corrected chi connectivity index (χ3v) is 4.40. The van der Waals surface area contributed by atoms with Gasteiger partial charge < -0.3 is 15.1 Å². The molecule has 3 rings (SSSR count). The van der Waals surface area contributed by atoms with Gasteiger partial charge in [-0.05, 0) is 43.5 Å². The summed E-state index contributed by atoms with van der Waals surface area (Å²) in [5.74, 6) is 0.457. The summed E-state index contributed by atoms with van der Waals surface area (Å²) in [7, 11) is 1.68. The van der Waals surface area contributed by atoms with Crippen molar-refractivity contribution < 1.29 is 9.59 Å². The molecule has 0 bridgehead atoms. The van der Waals surface area contributed by atoms with Crippen molar-refractivity contribution in [1.82, 2.24) is 10.2 Å². The summed E-state index contributed by atoms with van der Waals surface area (Å²) in [5, 5.41) is 3.36. The lowest BCUT2D eigenvalue weighted by molar-refractivity contribution is -0.136. The molecule has 5 nitrogen and oxygen atoms in total. The van der Waals surface area contributed by atoms with Crippen LogP contribution in [0.15, 0.2) is 24.3 Å². The Hall–Kier alpha value is -1.88. The van der Waals surface area contributed by atoms with Crippen molar-refractivity contribution in [3.63, 3.8) is 0 Å². The average Bonchev–Trinajstić information content (AvgIpc) is 2.52. The molecule has 2 heterocycles. The molecule has 0 saturated carbocycles. The minimum Gasteiger partial charge on any atom is -0.335 e. The Morgan fingerprint density at radius 1 is 1.05 bits per heavy atom. The zero-order valence-electron chi connectivity index (χ0n) is 12.3. The summed E-state index contributed by atoms with van der Waals surface area (Å²) in [6, 6.07) is 8.02. The van der Waals surface area contributed by atoms with Gasteiger partial charge in [-0.15, -0.1) is 0 Å². The van der Waals surface area contributed by atoms with Gasteiger partial charge in [-0.25, -0.2) is 0 Å². The fraction of sp³-hybridized carbons (Fsp3) is 0.500. The number of hydrogen-bond donors (Lipinski definition) is 1. The van der Waals surface area contributed by atoms with E-state index in [-0.39, 0.29) is 24.9 Å². The maximum atomic E-state index is 12.3. The first-order valence-electron chi connectivity index (χ1n) is 7.51. The van der Waals surface area contributed by atoms with E-state index in [0.717, 1.165) is 31.6 Å². The number of para-hydroxylation sites is 1. The van der Waals surface area contributed by atoms with Gasteiger partial charge in [-0.2, -0.15) is 0 Å². The van der Waals surface area contributed by atoms with Crippen LogP contribution in [0.4, 0.5) is 5.69 Å². The number of hydrogen-bond acceptors (Lipinski definition) is 3. The summed E-state index contributed by atoms with van der Waals surface area (Å²) in [6.45, 7) is 2.33. The number of nitrogens with zero attached hydrogens (tertiary/aromatic N) is 2. The summed E-state index contributed by atoms with van der Waals surface area (Å²) >= 11 is 0. The van der Waals surface area contributed by atoms with E-state index in [1.165, 1.54) is 10.5 Å². The Balaban J connectivity index is 1.91. The number of anilines is 1. The molecule has 1 aromatic rings. The van der Waals surface area contributed by atoms with E-state index in [2.05, 4.69) is 11.4 Å². The molecule has 0 radical (unpaired) electrons. The van der Waals surface area contributed by atoms with Crippen molar-refractivity contribution in [3.05, 3.63) is 29.8 Å². The van der Waals surface area contributed by atoms with Gasteiger partial charge in [0.1, 0.15) is 6.54 Å². The van der Waals surface area contributed by atoms with Crippen LogP contribution in [0.3, 0.4) is 0 Å². The quantitative estimate of drug-likeness (QED) is 0.881. The average molecular weight is 287 g/mol. The smallest absolute Gasteiger partial charge is 0.247 e. The number of likely N-dealkylation sites (N-methyl/N-ethyl adjacent to an activating group) is 1. The number of nitrogens with one attached hydrogen (secondary N) is 1. The van der Waals surface area contributed by atoms with Gasteiger partial charge in [-0.3, -0.25) is 9.59 Å². The maximum absolute atomic E-state index is 12.3. The number of piperazine rings is 1. The summed E-state index contributed by atoms with van der Waals surface area (Å²) < 4.78 is 0. The van der Waals surface area contributed by atoms with Gasteiger partial charge in [0, 0.05) is 12.7 Å². The summed E-state index contributed by atoms with van der Waals surface area (Å²) in [4.78, 5) is 27.4. The van der Waals surface area contributed by atoms with Crippen LogP contribution in [0.1, 0.15) is 24.3 Å². The van der Waals surface area contributed by atoms with Crippen LogP contribution in [0.25, 0.3) is 0 Å². The first-order valence-corrected chi connectivity index (χ1v) is 7.51. The third kappa shape index (κ3) is 2.78. The molecule has 1 N–H and O–H groups in total. The lowest BCUT2D eigenvalue weighted by atomic mass is 9.88. The molecular weight excluding hydrogens is 266 g/mol.